The number of rotatable bonds is 6. The number of hydrogen-bond acceptors (Lipinski definition) is 3. The van der Waals surface area contributed by atoms with Crippen molar-refractivity contribution >= 4 is 0 Å². The zero-order chi connectivity index (χ0) is 13.1. The van der Waals surface area contributed by atoms with Crippen molar-refractivity contribution in [2.24, 2.45) is 11.7 Å². The molecule has 100 valence electrons. The second-order valence-corrected chi connectivity index (χ2v) is 4.36. The minimum Gasteiger partial charge on any atom is -0.490 e. The molecule has 0 heterocycles. The van der Waals surface area contributed by atoms with Gasteiger partial charge in [0.1, 0.15) is 0 Å². The maximum atomic E-state index is 12.2. The van der Waals surface area contributed by atoms with Crippen LogP contribution in [0.25, 0.3) is 0 Å². The van der Waals surface area contributed by atoms with E-state index < -0.39 is 6.61 Å². The summed E-state index contributed by atoms with van der Waals surface area (Å²) < 4.78 is 34.2. The Bertz CT molecular complexity index is 412. The molecule has 1 saturated carbocycles. The summed E-state index contributed by atoms with van der Waals surface area (Å²) in [5.41, 5.74) is 6.68. The Morgan fingerprint density at radius 2 is 2.17 bits per heavy atom. The topological polar surface area (TPSA) is 44.5 Å². The molecule has 1 aromatic rings. The molecule has 2 unspecified atom stereocenters. The second-order valence-electron chi connectivity index (χ2n) is 4.36. The molecule has 2 rings (SSSR count). The van der Waals surface area contributed by atoms with Crippen LogP contribution in [0.2, 0.25) is 0 Å². The van der Waals surface area contributed by atoms with E-state index in [0.717, 1.165) is 12.0 Å². The molecule has 5 heteroatoms. The first-order valence-electron chi connectivity index (χ1n) is 6.07. The highest BCUT2D eigenvalue weighted by atomic mass is 19.3. The molecule has 2 N–H and O–H groups in total. The predicted molar refractivity (Wildman–Crippen MR) is 64.1 cm³/mol. The van der Waals surface area contributed by atoms with Gasteiger partial charge in [-0.05, 0) is 49.4 Å². The lowest BCUT2D eigenvalue weighted by Gasteiger charge is -2.12. The maximum absolute atomic E-state index is 12.2. The predicted octanol–water partition coefficient (Wildman–Crippen LogP) is 2.75. The van der Waals surface area contributed by atoms with E-state index in [0.29, 0.717) is 30.7 Å². The molecule has 0 radical (unpaired) electrons. The van der Waals surface area contributed by atoms with Crippen LogP contribution in [0.1, 0.15) is 24.8 Å². The molecule has 3 nitrogen and oxygen atoms in total. The van der Waals surface area contributed by atoms with E-state index >= 15 is 0 Å². The van der Waals surface area contributed by atoms with Gasteiger partial charge in [0, 0.05) is 0 Å². The van der Waals surface area contributed by atoms with Crippen LogP contribution in [0.4, 0.5) is 8.78 Å². The molecule has 1 aliphatic rings. The number of hydrogen-bond donors (Lipinski definition) is 1. The summed E-state index contributed by atoms with van der Waals surface area (Å²) in [6.07, 6.45) is 1.05. The molecule has 0 aliphatic heterocycles. The first kappa shape index (κ1) is 13.1. The first-order chi connectivity index (χ1) is 8.65. The lowest BCUT2D eigenvalue weighted by atomic mass is 10.1. The standard InChI is InChI=1S/C13H17F2NO2/c1-2-17-12-6-8(10-5-9(10)7-16)3-4-11(12)18-13(14)15/h3-4,6,9-10,13H,2,5,7,16H2,1H3. The van der Waals surface area contributed by atoms with Gasteiger partial charge in [-0.25, -0.2) is 0 Å². The molecule has 0 aromatic heterocycles. The van der Waals surface area contributed by atoms with Crippen LogP contribution in [-0.2, 0) is 0 Å². The fourth-order valence-corrected chi connectivity index (χ4v) is 2.13. The summed E-state index contributed by atoms with van der Waals surface area (Å²) in [6.45, 7) is 0.0316. The lowest BCUT2D eigenvalue weighted by Crippen LogP contribution is -2.05. The molecule has 0 spiro atoms. The van der Waals surface area contributed by atoms with Gasteiger partial charge in [-0.3, -0.25) is 0 Å². The highest BCUT2D eigenvalue weighted by Gasteiger charge is 2.37. The Morgan fingerprint density at radius 3 is 2.72 bits per heavy atom. The molecule has 1 aliphatic carbocycles. The molecular weight excluding hydrogens is 240 g/mol. The van der Waals surface area contributed by atoms with Crippen molar-refractivity contribution in [2.45, 2.75) is 25.9 Å². The molecule has 2 atom stereocenters. The minimum absolute atomic E-state index is 0.0838. The molecule has 0 bridgehead atoms. The van der Waals surface area contributed by atoms with Crippen molar-refractivity contribution in [2.75, 3.05) is 13.2 Å². The Labute approximate surface area is 105 Å². The van der Waals surface area contributed by atoms with E-state index in [9.17, 15) is 8.78 Å². The summed E-state index contributed by atoms with van der Waals surface area (Å²) in [4.78, 5) is 0. The van der Waals surface area contributed by atoms with Crippen molar-refractivity contribution in [3.8, 4) is 11.5 Å². The van der Waals surface area contributed by atoms with Crippen molar-refractivity contribution in [3.05, 3.63) is 23.8 Å². The van der Waals surface area contributed by atoms with Crippen molar-refractivity contribution in [1.82, 2.24) is 0 Å². The number of ether oxygens (including phenoxy) is 2. The Kier molecular flexibility index (Phi) is 4.01. The highest BCUT2D eigenvalue weighted by Crippen LogP contribution is 2.48. The fourth-order valence-electron chi connectivity index (χ4n) is 2.13. The first-order valence-corrected chi connectivity index (χ1v) is 6.07. The summed E-state index contributed by atoms with van der Waals surface area (Å²) >= 11 is 0. The molecule has 0 amide bonds. The van der Waals surface area contributed by atoms with Crippen molar-refractivity contribution in [1.29, 1.82) is 0 Å². The van der Waals surface area contributed by atoms with Crippen LogP contribution in [-0.4, -0.2) is 19.8 Å². The fraction of sp³-hybridized carbons (Fsp3) is 0.538. The normalized spacial score (nSPS) is 22.1. The average molecular weight is 257 g/mol. The van der Waals surface area contributed by atoms with Crippen molar-refractivity contribution < 1.29 is 18.3 Å². The van der Waals surface area contributed by atoms with E-state index in [-0.39, 0.29) is 5.75 Å². The summed E-state index contributed by atoms with van der Waals surface area (Å²) in [6, 6.07) is 5.13. The van der Waals surface area contributed by atoms with E-state index in [4.69, 9.17) is 10.5 Å². The number of halogens is 2. The van der Waals surface area contributed by atoms with Gasteiger partial charge >= 0.3 is 6.61 Å². The number of benzene rings is 1. The Balaban J connectivity index is 2.17. The van der Waals surface area contributed by atoms with Crippen LogP contribution in [0.15, 0.2) is 18.2 Å². The second kappa shape index (κ2) is 5.52. The Hall–Kier alpha value is -1.36. The van der Waals surface area contributed by atoms with Crippen molar-refractivity contribution in [3.63, 3.8) is 0 Å². The van der Waals surface area contributed by atoms with Crippen LogP contribution in [0, 0.1) is 5.92 Å². The molecule has 1 aromatic carbocycles. The molecular formula is C13H17F2NO2. The summed E-state index contributed by atoms with van der Waals surface area (Å²) in [7, 11) is 0. The van der Waals surface area contributed by atoms with E-state index in [1.54, 1.807) is 25.1 Å². The summed E-state index contributed by atoms with van der Waals surface area (Å²) in [5, 5.41) is 0. The van der Waals surface area contributed by atoms with Gasteiger partial charge in [0.25, 0.3) is 0 Å². The summed E-state index contributed by atoms with van der Waals surface area (Å²) in [5.74, 6) is 1.38. The zero-order valence-electron chi connectivity index (χ0n) is 10.2. The zero-order valence-corrected chi connectivity index (χ0v) is 10.2. The van der Waals surface area contributed by atoms with Crippen LogP contribution in [0.3, 0.4) is 0 Å². The molecule has 18 heavy (non-hydrogen) atoms. The smallest absolute Gasteiger partial charge is 0.387 e. The lowest BCUT2D eigenvalue weighted by molar-refractivity contribution is -0.0514. The van der Waals surface area contributed by atoms with Gasteiger partial charge in [-0.2, -0.15) is 8.78 Å². The third-order valence-corrected chi connectivity index (χ3v) is 3.14. The molecule has 0 saturated heterocycles. The minimum atomic E-state index is -2.84. The van der Waals surface area contributed by atoms with Gasteiger partial charge in [-0.1, -0.05) is 6.07 Å². The van der Waals surface area contributed by atoms with E-state index in [1.165, 1.54) is 0 Å². The number of alkyl halides is 2. The SMILES string of the molecule is CCOc1cc(C2CC2CN)ccc1OC(F)F. The van der Waals surface area contributed by atoms with Gasteiger partial charge < -0.3 is 15.2 Å². The van der Waals surface area contributed by atoms with Gasteiger partial charge in [-0.15, -0.1) is 0 Å². The third kappa shape index (κ3) is 2.90. The third-order valence-electron chi connectivity index (χ3n) is 3.14. The monoisotopic (exact) mass is 257 g/mol. The highest BCUT2D eigenvalue weighted by molar-refractivity contribution is 5.45. The number of nitrogens with two attached hydrogens (primary N) is 1. The van der Waals surface area contributed by atoms with Crippen LogP contribution >= 0.6 is 0 Å². The van der Waals surface area contributed by atoms with Crippen LogP contribution < -0.4 is 15.2 Å². The average Bonchev–Trinajstić information content (AvgIpc) is 3.10. The maximum Gasteiger partial charge on any atom is 0.387 e. The van der Waals surface area contributed by atoms with E-state index in [1.807, 2.05) is 0 Å². The van der Waals surface area contributed by atoms with Crippen LogP contribution in [0.5, 0.6) is 11.5 Å². The quantitative estimate of drug-likeness (QED) is 0.852. The molecule has 1 fully saturated rings. The van der Waals surface area contributed by atoms with Gasteiger partial charge in [0.2, 0.25) is 0 Å². The van der Waals surface area contributed by atoms with Gasteiger partial charge in [0.15, 0.2) is 11.5 Å². The largest absolute Gasteiger partial charge is 0.490 e. The Morgan fingerprint density at radius 1 is 1.39 bits per heavy atom. The van der Waals surface area contributed by atoms with Gasteiger partial charge in [0.05, 0.1) is 6.61 Å². The van der Waals surface area contributed by atoms with E-state index in [2.05, 4.69) is 4.74 Å².